The van der Waals surface area contributed by atoms with Crippen LogP contribution in [-0.2, 0) is 10.0 Å². The number of nitrogens with zero attached hydrogens (tertiary/aromatic N) is 2. The predicted octanol–water partition coefficient (Wildman–Crippen LogP) is 3.06. The monoisotopic (exact) mass is 411 g/mol. The van der Waals surface area contributed by atoms with Crippen LogP contribution in [0, 0.1) is 6.92 Å². The Morgan fingerprint density at radius 2 is 1.76 bits per heavy atom. The highest BCUT2D eigenvalue weighted by molar-refractivity contribution is 7.89. The third kappa shape index (κ3) is 4.12. The van der Waals surface area contributed by atoms with E-state index in [1.165, 1.54) is 4.31 Å². The fraction of sp³-hybridized carbons (Fsp3) is 0.318. The number of rotatable bonds is 5. The fourth-order valence-electron chi connectivity index (χ4n) is 3.80. The molecule has 2 heterocycles. The third-order valence-electron chi connectivity index (χ3n) is 5.46. The van der Waals surface area contributed by atoms with Crippen LogP contribution < -0.4 is 0 Å². The van der Waals surface area contributed by atoms with Crippen molar-refractivity contribution in [3.63, 3.8) is 0 Å². The van der Waals surface area contributed by atoms with E-state index in [4.69, 9.17) is 0 Å². The van der Waals surface area contributed by atoms with Gasteiger partial charge in [-0.2, -0.15) is 4.31 Å². The molecule has 0 unspecified atom stereocenters. The van der Waals surface area contributed by atoms with Crippen LogP contribution in [-0.4, -0.2) is 61.1 Å². The van der Waals surface area contributed by atoms with Crippen LogP contribution in [0.3, 0.4) is 0 Å². The Kier molecular flexibility index (Phi) is 5.54. The highest BCUT2D eigenvalue weighted by Gasteiger charge is 2.27. The molecule has 2 aromatic carbocycles. The summed E-state index contributed by atoms with van der Waals surface area (Å²) in [5.41, 5.74) is 2.66. The number of sulfonamides is 1. The summed E-state index contributed by atoms with van der Waals surface area (Å²) in [4.78, 5) is 18.4. The van der Waals surface area contributed by atoms with E-state index in [9.17, 15) is 13.2 Å². The van der Waals surface area contributed by atoms with Crippen LogP contribution in [0.5, 0.6) is 0 Å². The van der Waals surface area contributed by atoms with Crippen LogP contribution in [0.4, 0.5) is 0 Å². The van der Waals surface area contributed by atoms with E-state index in [1.807, 2.05) is 43.3 Å². The molecule has 0 bridgehead atoms. The Morgan fingerprint density at radius 1 is 1.00 bits per heavy atom. The van der Waals surface area contributed by atoms with E-state index in [-0.39, 0.29) is 5.78 Å². The average molecular weight is 412 g/mol. The number of fused-ring (bicyclic) bond motifs is 1. The molecule has 0 radical (unpaired) electrons. The van der Waals surface area contributed by atoms with Gasteiger partial charge in [-0.15, -0.1) is 0 Å². The molecule has 0 spiro atoms. The number of carbonyl (C=O) groups excluding carboxylic acids is 1. The molecule has 0 aliphatic carbocycles. The normalized spacial score (nSPS) is 16.7. The summed E-state index contributed by atoms with van der Waals surface area (Å²) in [5, 5.41) is 0.927. The van der Waals surface area contributed by atoms with E-state index in [0.29, 0.717) is 49.6 Å². The van der Waals surface area contributed by atoms with Crippen molar-refractivity contribution in [3.8, 4) is 0 Å². The third-order valence-corrected chi connectivity index (χ3v) is 7.38. The van der Waals surface area contributed by atoms with Gasteiger partial charge in [0.15, 0.2) is 5.78 Å². The van der Waals surface area contributed by atoms with Crippen molar-refractivity contribution in [1.29, 1.82) is 0 Å². The number of H-pyrrole nitrogens is 1. The number of nitrogens with one attached hydrogen (secondary N) is 1. The van der Waals surface area contributed by atoms with Crippen molar-refractivity contribution in [3.05, 3.63) is 65.9 Å². The zero-order chi connectivity index (χ0) is 20.4. The Hall–Kier alpha value is -2.48. The maximum atomic E-state index is 12.9. The zero-order valence-corrected chi connectivity index (χ0v) is 17.3. The predicted molar refractivity (Wildman–Crippen MR) is 114 cm³/mol. The summed E-state index contributed by atoms with van der Waals surface area (Å²) in [7, 11) is -3.51. The van der Waals surface area contributed by atoms with Crippen LogP contribution in [0.1, 0.15) is 22.3 Å². The van der Waals surface area contributed by atoms with Gasteiger partial charge in [0.05, 0.1) is 11.4 Å². The summed E-state index contributed by atoms with van der Waals surface area (Å²) < 4.78 is 27.4. The average Bonchev–Trinajstić information content (AvgIpc) is 3.00. The number of aryl methyl sites for hydroxylation is 1. The smallest absolute Gasteiger partial charge is 0.243 e. The minimum absolute atomic E-state index is 0.0530. The second kappa shape index (κ2) is 8.10. The lowest BCUT2D eigenvalue weighted by Gasteiger charge is -2.21. The van der Waals surface area contributed by atoms with Crippen molar-refractivity contribution in [2.75, 3.05) is 32.7 Å². The second-order valence-corrected chi connectivity index (χ2v) is 9.46. The SMILES string of the molecule is Cc1ccc(S(=O)(=O)N2CCCN(CC(=O)c3c[nH]c4ccccc34)CC2)cc1. The van der Waals surface area contributed by atoms with Crippen molar-refractivity contribution in [2.24, 2.45) is 0 Å². The van der Waals surface area contributed by atoms with E-state index < -0.39 is 10.0 Å². The van der Waals surface area contributed by atoms with Crippen molar-refractivity contribution >= 4 is 26.7 Å². The largest absolute Gasteiger partial charge is 0.360 e. The van der Waals surface area contributed by atoms with Gasteiger partial charge < -0.3 is 4.98 Å². The van der Waals surface area contributed by atoms with Crippen LogP contribution in [0.15, 0.2) is 59.6 Å². The first-order valence-corrected chi connectivity index (χ1v) is 11.3. The molecule has 0 amide bonds. The van der Waals surface area contributed by atoms with E-state index in [2.05, 4.69) is 9.88 Å². The molecule has 3 aromatic rings. The number of aromatic amines is 1. The first-order chi connectivity index (χ1) is 13.9. The molecule has 6 nitrogen and oxygen atoms in total. The lowest BCUT2D eigenvalue weighted by molar-refractivity contribution is 0.0936. The number of Topliss-reactive ketones (excluding diaryl/α,β-unsaturated/α-hetero) is 1. The molecule has 4 rings (SSSR count). The summed E-state index contributed by atoms with van der Waals surface area (Å²) in [6.45, 7) is 4.32. The first-order valence-electron chi connectivity index (χ1n) is 9.83. The Morgan fingerprint density at radius 3 is 2.55 bits per heavy atom. The molecule has 29 heavy (non-hydrogen) atoms. The maximum Gasteiger partial charge on any atom is 0.243 e. The zero-order valence-electron chi connectivity index (χ0n) is 16.5. The van der Waals surface area contributed by atoms with Gasteiger partial charge in [0.2, 0.25) is 10.0 Å². The summed E-state index contributed by atoms with van der Waals surface area (Å²) in [6, 6.07) is 14.7. The number of para-hydroxylation sites is 1. The number of benzene rings is 2. The summed E-state index contributed by atoms with van der Waals surface area (Å²) in [5.74, 6) is 0.0530. The first kappa shape index (κ1) is 19.8. The summed E-state index contributed by atoms with van der Waals surface area (Å²) in [6.07, 6.45) is 2.46. The molecule has 1 saturated heterocycles. The molecule has 7 heteroatoms. The van der Waals surface area contributed by atoms with Crippen molar-refractivity contribution < 1.29 is 13.2 Å². The van der Waals surface area contributed by atoms with Gasteiger partial charge in [0.1, 0.15) is 0 Å². The van der Waals surface area contributed by atoms with E-state index in [1.54, 1.807) is 18.3 Å². The van der Waals surface area contributed by atoms with Gasteiger partial charge in [-0.05, 0) is 38.1 Å². The molecule has 1 aliphatic rings. The molecule has 1 N–H and O–H groups in total. The Balaban J connectivity index is 1.43. The van der Waals surface area contributed by atoms with Gasteiger partial charge in [-0.25, -0.2) is 8.42 Å². The minimum Gasteiger partial charge on any atom is -0.360 e. The molecule has 1 aromatic heterocycles. The van der Waals surface area contributed by atoms with Gasteiger partial charge in [0.25, 0.3) is 0 Å². The van der Waals surface area contributed by atoms with Crippen LogP contribution in [0.2, 0.25) is 0 Å². The topological polar surface area (TPSA) is 73.5 Å². The van der Waals surface area contributed by atoms with Gasteiger partial charge in [-0.1, -0.05) is 35.9 Å². The van der Waals surface area contributed by atoms with Crippen LogP contribution >= 0.6 is 0 Å². The molecule has 0 saturated carbocycles. The molecular weight excluding hydrogens is 386 g/mol. The summed E-state index contributed by atoms with van der Waals surface area (Å²) >= 11 is 0. The highest BCUT2D eigenvalue weighted by Crippen LogP contribution is 2.20. The van der Waals surface area contributed by atoms with Crippen molar-refractivity contribution in [1.82, 2.24) is 14.2 Å². The Bertz CT molecular complexity index is 1120. The second-order valence-electron chi connectivity index (χ2n) is 7.52. The van der Waals surface area contributed by atoms with Gasteiger partial charge in [-0.3, -0.25) is 9.69 Å². The minimum atomic E-state index is -3.51. The van der Waals surface area contributed by atoms with E-state index >= 15 is 0 Å². The van der Waals surface area contributed by atoms with Crippen LogP contribution in [0.25, 0.3) is 10.9 Å². The lowest BCUT2D eigenvalue weighted by atomic mass is 10.1. The quantitative estimate of drug-likeness (QED) is 0.655. The number of hydrogen-bond donors (Lipinski definition) is 1. The molecule has 1 aliphatic heterocycles. The lowest BCUT2D eigenvalue weighted by Crippen LogP contribution is -2.36. The number of carbonyl (C=O) groups is 1. The number of aromatic nitrogens is 1. The number of ketones is 1. The Labute approximate surface area is 171 Å². The highest BCUT2D eigenvalue weighted by atomic mass is 32.2. The van der Waals surface area contributed by atoms with Gasteiger partial charge in [0, 0.05) is 42.3 Å². The maximum absolute atomic E-state index is 12.9. The molecule has 152 valence electrons. The van der Waals surface area contributed by atoms with E-state index in [0.717, 1.165) is 16.5 Å². The molecular formula is C22H25N3O3S. The molecule has 1 fully saturated rings. The standard InChI is InChI=1S/C22H25N3O3S/c1-17-7-9-18(10-8-17)29(27,28)25-12-4-11-24(13-14-25)16-22(26)20-15-23-21-6-3-2-5-19(20)21/h2-3,5-10,15,23H,4,11-14,16H2,1H3. The number of hydrogen-bond acceptors (Lipinski definition) is 4. The van der Waals surface area contributed by atoms with Gasteiger partial charge >= 0.3 is 0 Å². The fourth-order valence-corrected chi connectivity index (χ4v) is 5.27. The van der Waals surface area contributed by atoms with Crippen molar-refractivity contribution in [2.45, 2.75) is 18.2 Å². The molecule has 0 atom stereocenters.